The fraction of sp³-hybridized carbons (Fsp3) is 0.250. The number of ether oxygens (including phenoxy) is 1. The fourth-order valence-electron chi connectivity index (χ4n) is 2.05. The Kier molecular flexibility index (Phi) is 6.02. The minimum Gasteiger partial charge on any atom is -0.478 e. The number of hydrogen-bond acceptors (Lipinski definition) is 5. The highest BCUT2D eigenvalue weighted by Crippen LogP contribution is 2.21. The first-order valence-corrected chi connectivity index (χ1v) is 8.70. The molecule has 0 radical (unpaired) electrons. The molecule has 0 atom stereocenters. The SMILES string of the molecule is COCCCNS(=O)(=O)c1ccc(-c2cncc(C(=O)O)c2)cc1. The van der Waals surface area contributed by atoms with Crippen LogP contribution in [0.25, 0.3) is 11.1 Å². The van der Waals surface area contributed by atoms with Crippen LogP contribution in [0.5, 0.6) is 0 Å². The Morgan fingerprint density at radius 1 is 1.21 bits per heavy atom. The number of hydrogen-bond donors (Lipinski definition) is 2. The van der Waals surface area contributed by atoms with Gasteiger partial charge in [-0.1, -0.05) is 12.1 Å². The van der Waals surface area contributed by atoms with Crippen LogP contribution in [0.1, 0.15) is 16.8 Å². The summed E-state index contributed by atoms with van der Waals surface area (Å²) in [6.45, 7) is 0.775. The van der Waals surface area contributed by atoms with Gasteiger partial charge in [-0.25, -0.2) is 17.9 Å². The Morgan fingerprint density at radius 3 is 2.54 bits per heavy atom. The largest absolute Gasteiger partial charge is 0.478 e. The molecule has 1 heterocycles. The molecule has 2 N–H and O–H groups in total. The maximum atomic E-state index is 12.1. The summed E-state index contributed by atoms with van der Waals surface area (Å²) >= 11 is 0. The Morgan fingerprint density at radius 2 is 1.92 bits per heavy atom. The standard InChI is InChI=1S/C16H18N2O5S/c1-23-8-2-7-18-24(21,22)15-5-3-12(4-6-15)13-9-14(16(19)20)11-17-10-13/h3-6,9-11,18H,2,7-8H2,1H3,(H,19,20). The van der Waals surface area contributed by atoms with Gasteiger partial charge in [0.05, 0.1) is 10.5 Å². The van der Waals surface area contributed by atoms with Crippen LogP contribution in [0.15, 0.2) is 47.6 Å². The summed E-state index contributed by atoms with van der Waals surface area (Å²) in [4.78, 5) is 15.0. The number of carboxylic acid groups (broad SMARTS) is 1. The first-order chi connectivity index (χ1) is 11.4. The third-order valence-corrected chi connectivity index (χ3v) is 4.78. The van der Waals surface area contributed by atoms with E-state index in [4.69, 9.17) is 9.84 Å². The summed E-state index contributed by atoms with van der Waals surface area (Å²) in [6, 6.07) is 7.67. The van der Waals surface area contributed by atoms with Crippen LogP contribution < -0.4 is 4.72 Å². The van der Waals surface area contributed by atoms with E-state index < -0.39 is 16.0 Å². The second kappa shape index (κ2) is 8.00. The van der Waals surface area contributed by atoms with E-state index in [1.54, 1.807) is 19.2 Å². The Labute approximate surface area is 140 Å². The zero-order valence-corrected chi connectivity index (χ0v) is 13.9. The number of carbonyl (C=O) groups is 1. The quantitative estimate of drug-likeness (QED) is 0.703. The van der Waals surface area contributed by atoms with Gasteiger partial charge in [0, 0.05) is 38.2 Å². The first-order valence-electron chi connectivity index (χ1n) is 7.21. The van der Waals surface area contributed by atoms with Crippen LogP contribution in [0.2, 0.25) is 0 Å². The summed E-state index contributed by atoms with van der Waals surface area (Å²) in [5.74, 6) is -1.07. The van der Waals surface area contributed by atoms with Gasteiger partial charge in [-0.2, -0.15) is 0 Å². The number of methoxy groups -OCH3 is 1. The van der Waals surface area contributed by atoms with E-state index in [-0.39, 0.29) is 10.5 Å². The Hall–Kier alpha value is -2.29. The summed E-state index contributed by atoms with van der Waals surface area (Å²) in [5, 5.41) is 8.99. The van der Waals surface area contributed by atoms with E-state index >= 15 is 0 Å². The van der Waals surface area contributed by atoms with Crippen molar-refractivity contribution < 1.29 is 23.1 Å². The summed E-state index contributed by atoms with van der Waals surface area (Å²) in [7, 11) is -2.02. The molecule has 0 aliphatic carbocycles. The molecule has 24 heavy (non-hydrogen) atoms. The zero-order valence-electron chi connectivity index (χ0n) is 13.1. The average Bonchev–Trinajstić information content (AvgIpc) is 2.59. The molecule has 0 spiro atoms. The van der Waals surface area contributed by atoms with E-state index in [1.807, 2.05) is 0 Å². The molecule has 0 saturated carbocycles. The molecule has 0 fully saturated rings. The molecule has 128 valence electrons. The predicted octanol–water partition coefficient (Wildman–Crippen LogP) is 1.76. The number of sulfonamides is 1. The highest BCUT2D eigenvalue weighted by molar-refractivity contribution is 7.89. The van der Waals surface area contributed by atoms with Crippen molar-refractivity contribution in [1.82, 2.24) is 9.71 Å². The molecular formula is C16H18N2O5S. The Balaban J connectivity index is 2.15. The fourth-order valence-corrected chi connectivity index (χ4v) is 3.12. The monoisotopic (exact) mass is 350 g/mol. The van der Waals surface area contributed by atoms with Gasteiger partial charge < -0.3 is 9.84 Å². The van der Waals surface area contributed by atoms with Gasteiger partial charge in [0.2, 0.25) is 10.0 Å². The van der Waals surface area contributed by atoms with Crippen molar-refractivity contribution in [3.05, 3.63) is 48.3 Å². The van der Waals surface area contributed by atoms with Crippen LogP contribution in [0.4, 0.5) is 0 Å². The number of aromatic nitrogens is 1. The number of carboxylic acids is 1. The number of aromatic carboxylic acids is 1. The van der Waals surface area contributed by atoms with E-state index in [2.05, 4.69) is 9.71 Å². The molecule has 0 bridgehead atoms. The van der Waals surface area contributed by atoms with Crippen molar-refractivity contribution >= 4 is 16.0 Å². The molecular weight excluding hydrogens is 332 g/mol. The molecule has 2 rings (SSSR count). The number of nitrogens with one attached hydrogen (secondary N) is 1. The van der Waals surface area contributed by atoms with Gasteiger partial charge in [-0.15, -0.1) is 0 Å². The van der Waals surface area contributed by atoms with Gasteiger partial charge in [-0.05, 0) is 30.2 Å². The van der Waals surface area contributed by atoms with E-state index in [0.717, 1.165) is 0 Å². The minimum absolute atomic E-state index is 0.0732. The highest BCUT2D eigenvalue weighted by atomic mass is 32.2. The summed E-state index contributed by atoms with van der Waals surface area (Å²) < 4.78 is 31.7. The second-order valence-corrected chi connectivity index (χ2v) is 6.80. The predicted molar refractivity (Wildman–Crippen MR) is 88.3 cm³/mol. The number of rotatable bonds is 8. The zero-order chi connectivity index (χ0) is 17.6. The third-order valence-electron chi connectivity index (χ3n) is 3.30. The molecule has 0 aliphatic heterocycles. The first kappa shape index (κ1) is 18.1. The summed E-state index contributed by atoms with van der Waals surface area (Å²) in [6.07, 6.45) is 3.37. The lowest BCUT2D eigenvalue weighted by Crippen LogP contribution is -2.25. The molecule has 0 saturated heterocycles. The van der Waals surface area contributed by atoms with Gasteiger partial charge in [0.25, 0.3) is 0 Å². The van der Waals surface area contributed by atoms with Crippen molar-refractivity contribution in [3.63, 3.8) is 0 Å². The summed E-state index contributed by atoms with van der Waals surface area (Å²) in [5.41, 5.74) is 1.36. The lowest BCUT2D eigenvalue weighted by atomic mass is 10.1. The van der Waals surface area contributed by atoms with Crippen molar-refractivity contribution in [3.8, 4) is 11.1 Å². The van der Waals surface area contributed by atoms with Crippen molar-refractivity contribution in [2.24, 2.45) is 0 Å². The second-order valence-electron chi connectivity index (χ2n) is 5.04. The van der Waals surface area contributed by atoms with Gasteiger partial charge in [-0.3, -0.25) is 4.98 Å². The van der Waals surface area contributed by atoms with E-state index in [1.165, 1.54) is 30.6 Å². The maximum Gasteiger partial charge on any atom is 0.337 e. The van der Waals surface area contributed by atoms with Crippen LogP contribution >= 0.6 is 0 Å². The molecule has 7 nitrogen and oxygen atoms in total. The van der Waals surface area contributed by atoms with Gasteiger partial charge in [0.15, 0.2) is 0 Å². The number of nitrogens with zero attached hydrogens (tertiary/aromatic N) is 1. The average molecular weight is 350 g/mol. The van der Waals surface area contributed by atoms with Crippen LogP contribution in [-0.2, 0) is 14.8 Å². The van der Waals surface area contributed by atoms with Crippen LogP contribution in [0.3, 0.4) is 0 Å². The minimum atomic E-state index is -3.58. The van der Waals surface area contributed by atoms with Gasteiger partial charge >= 0.3 is 5.97 Å². The lowest BCUT2D eigenvalue weighted by Gasteiger charge is -2.08. The van der Waals surface area contributed by atoms with Crippen LogP contribution in [0, 0.1) is 0 Å². The number of pyridine rings is 1. The third kappa shape index (κ3) is 4.60. The normalized spacial score (nSPS) is 11.4. The molecule has 2 aromatic rings. The molecule has 0 unspecified atom stereocenters. The van der Waals surface area contributed by atoms with Crippen LogP contribution in [-0.4, -0.2) is 44.7 Å². The molecule has 1 aromatic heterocycles. The lowest BCUT2D eigenvalue weighted by molar-refractivity contribution is 0.0696. The molecule has 8 heteroatoms. The molecule has 0 aliphatic rings. The van der Waals surface area contributed by atoms with Crippen molar-refractivity contribution in [1.29, 1.82) is 0 Å². The number of benzene rings is 1. The maximum absolute atomic E-state index is 12.1. The smallest absolute Gasteiger partial charge is 0.337 e. The topological polar surface area (TPSA) is 106 Å². The van der Waals surface area contributed by atoms with E-state index in [9.17, 15) is 13.2 Å². The Bertz CT molecular complexity index is 803. The van der Waals surface area contributed by atoms with Gasteiger partial charge in [0.1, 0.15) is 0 Å². The molecule has 0 amide bonds. The van der Waals surface area contributed by atoms with E-state index in [0.29, 0.717) is 30.7 Å². The van der Waals surface area contributed by atoms with Crippen molar-refractivity contribution in [2.45, 2.75) is 11.3 Å². The van der Waals surface area contributed by atoms with Crippen molar-refractivity contribution in [2.75, 3.05) is 20.3 Å². The molecule has 1 aromatic carbocycles. The highest BCUT2D eigenvalue weighted by Gasteiger charge is 2.13.